The second-order valence-corrected chi connectivity index (χ2v) is 8.52. The van der Waals surface area contributed by atoms with Gasteiger partial charge in [0.25, 0.3) is 0 Å². The number of phenols is 1. The molecular formula is C23H32N4O11. The predicted molar refractivity (Wildman–Crippen MR) is 129 cm³/mol. The summed E-state index contributed by atoms with van der Waals surface area (Å²) in [5.41, 5.74) is 6.00. The molecule has 1 aromatic carbocycles. The van der Waals surface area contributed by atoms with Crippen molar-refractivity contribution in [3.63, 3.8) is 0 Å². The largest absolute Gasteiger partial charge is 0.508 e. The van der Waals surface area contributed by atoms with E-state index in [1.54, 1.807) is 0 Å². The lowest BCUT2D eigenvalue weighted by Crippen LogP contribution is -2.58. The summed E-state index contributed by atoms with van der Waals surface area (Å²) in [5, 5.41) is 53.0. The lowest BCUT2D eigenvalue weighted by Gasteiger charge is -2.25. The summed E-state index contributed by atoms with van der Waals surface area (Å²) in [6.07, 6.45) is -3.44. The van der Waals surface area contributed by atoms with Crippen molar-refractivity contribution in [1.29, 1.82) is 0 Å². The first-order chi connectivity index (χ1) is 17.7. The number of aliphatic hydroxyl groups is 1. The van der Waals surface area contributed by atoms with Gasteiger partial charge in [-0.25, -0.2) is 4.79 Å². The Labute approximate surface area is 217 Å². The Kier molecular flexibility index (Phi) is 12.6. The molecule has 0 aromatic heterocycles. The molecule has 5 unspecified atom stereocenters. The molecule has 0 radical (unpaired) electrons. The van der Waals surface area contributed by atoms with Gasteiger partial charge in [0.15, 0.2) is 0 Å². The van der Waals surface area contributed by atoms with E-state index in [0.717, 1.165) is 0 Å². The van der Waals surface area contributed by atoms with Crippen LogP contribution in [0.4, 0.5) is 0 Å². The number of hydrogen-bond donors (Lipinski definition) is 9. The van der Waals surface area contributed by atoms with E-state index in [9.17, 15) is 44.1 Å². The molecule has 5 atom stereocenters. The van der Waals surface area contributed by atoms with Gasteiger partial charge in [-0.1, -0.05) is 12.1 Å². The fourth-order valence-corrected chi connectivity index (χ4v) is 3.17. The van der Waals surface area contributed by atoms with Gasteiger partial charge in [-0.2, -0.15) is 0 Å². The standard InChI is InChI=1S/C23H32N4O11/c1-11(28)19(24)22(36)25-14(6-8-17(30)31)20(34)27-16(10-12-2-4-13(29)5-3-12)21(35)26-15(23(37)38)7-9-18(32)33/h2-5,11,14-16,19,28-29H,6-10,24H2,1H3,(H,25,36)(H,26,35)(H,27,34)(H,30,31)(H,32,33)(H,37,38). The third-order valence-electron chi connectivity index (χ3n) is 5.37. The van der Waals surface area contributed by atoms with Crippen LogP contribution in [0.25, 0.3) is 0 Å². The molecule has 0 saturated carbocycles. The van der Waals surface area contributed by atoms with Crippen molar-refractivity contribution in [2.45, 2.75) is 69.3 Å². The summed E-state index contributed by atoms with van der Waals surface area (Å²) < 4.78 is 0. The molecule has 0 saturated heterocycles. The Balaban J connectivity index is 3.19. The second kappa shape index (κ2) is 15.1. The number of rotatable bonds is 16. The average molecular weight is 541 g/mol. The third kappa shape index (κ3) is 11.2. The highest BCUT2D eigenvalue weighted by Gasteiger charge is 2.31. The van der Waals surface area contributed by atoms with Gasteiger partial charge in [0.2, 0.25) is 17.7 Å². The Morgan fingerprint density at radius 3 is 1.68 bits per heavy atom. The molecule has 3 amide bonds. The second-order valence-electron chi connectivity index (χ2n) is 8.52. The first-order valence-electron chi connectivity index (χ1n) is 11.5. The number of carboxylic acid groups (broad SMARTS) is 3. The van der Waals surface area contributed by atoms with E-state index in [-0.39, 0.29) is 12.2 Å². The highest BCUT2D eigenvalue weighted by Crippen LogP contribution is 2.12. The smallest absolute Gasteiger partial charge is 0.326 e. The number of nitrogens with one attached hydrogen (secondary N) is 3. The molecule has 1 rings (SSSR count). The van der Waals surface area contributed by atoms with E-state index in [0.29, 0.717) is 5.56 Å². The van der Waals surface area contributed by atoms with Crippen LogP contribution in [0.2, 0.25) is 0 Å². The minimum absolute atomic E-state index is 0.0794. The highest BCUT2D eigenvalue weighted by atomic mass is 16.4. The van der Waals surface area contributed by atoms with Crippen LogP contribution in [0.5, 0.6) is 5.75 Å². The zero-order valence-electron chi connectivity index (χ0n) is 20.5. The van der Waals surface area contributed by atoms with Crippen molar-refractivity contribution >= 4 is 35.6 Å². The van der Waals surface area contributed by atoms with Gasteiger partial charge in [-0.3, -0.25) is 24.0 Å². The fourth-order valence-electron chi connectivity index (χ4n) is 3.17. The fraction of sp³-hybridized carbons (Fsp3) is 0.478. The molecule has 0 spiro atoms. The number of carboxylic acids is 3. The monoisotopic (exact) mass is 540 g/mol. The maximum atomic E-state index is 13.0. The molecule has 1 aromatic rings. The number of benzene rings is 1. The number of aromatic hydroxyl groups is 1. The first kappa shape index (κ1) is 31.8. The van der Waals surface area contributed by atoms with Crippen molar-refractivity contribution in [2.24, 2.45) is 5.73 Å². The molecule has 10 N–H and O–H groups in total. The Bertz CT molecular complexity index is 1010. The number of carbonyl (C=O) groups is 6. The first-order valence-corrected chi connectivity index (χ1v) is 11.5. The Morgan fingerprint density at radius 2 is 1.21 bits per heavy atom. The van der Waals surface area contributed by atoms with E-state index in [1.165, 1.54) is 31.2 Å². The van der Waals surface area contributed by atoms with Crippen LogP contribution < -0.4 is 21.7 Å². The van der Waals surface area contributed by atoms with E-state index in [4.69, 9.17) is 15.9 Å². The van der Waals surface area contributed by atoms with Crippen LogP contribution in [0, 0.1) is 0 Å². The highest BCUT2D eigenvalue weighted by molar-refractivity contribution is 5.94. The van der Waals surface area contributed by atoms with Crippen LogP contribution in [0.3, 0.4) is 0 Å². The number of phenolic OH excluding ortho intramolecular Hbond substituents is 1. The molecule has 0 fully saturated rings. The zero-order chi connectivity index (χ0) is 29.0. The summed E-state index contributed by atoms with van der Waals surface area (Å²) in [4.78, 5) is 71.8. The number of aliphatic hydroxyl groups excluding tert-OH is 1. The Morgan fingerprint density at radius 1 is 0.763 bits per heavy atom. The van der Waals surface area contributed by atoms with Crippen LogP contribution in [0.15, 0.2) is 24.3 Å². The van der Waals surface area contributed by atoms with Gasteiger partial charge in [-0.15, -0.1) is 0 Å². The van der Waals surface area contributed by atoms with E-state index >= 15 is 0 Å². The van der Waals surface area contributed by atoms with Crippen LogP contribution >= 0.6 is 0 Å². The minimum Gasteiger partial charge on any atom is -0.508 e. The van der Waals surface area contributed by atoms with Crippen molar-refractivity contribution in [3.05, 3.63) is 29.8 Å². The predicted octanol–water partition coefficient (Wildman–Crippen LogP) is -2.09. The number of hydrogen-bond acceptors (Lipinski definition) is 9. The molecule has 15 heteroatoms. The van der Waals surface area contributed by atoms with Crippen molar-refractivity contribution < 1.29 is 54.3 Å². The topological polar surface area (TPSA) is 266 Å². The zero-order valence-corrected chi connectivity index (χ0v) is 20.5. The van der Waals surface area contributed by atoms with Crippen LogP contribution in [-0.2, 0) is 35.2 Å². The average Bonchev–Trinajstić information content (AvgIpc) is 2.83. The molecule has 0 bridgehead atoms. The van der Waals surface area contributed by atoms with Crippen LogP contribution in [0.1, 0.15) is 38.2 Å². The summed E-state index contributed by atoms with van der Waals surface area (Å²) in [7, 11) is 0. The molecule has 210 valence electrons. The van der Waals surface area contributed by atoms with E-state index in [1.807, 2.05) is 0 Å². The summed E-state index contributed by atoms with van der Waals surface area (Å²) in [5.74, 6) is -7.09. The molecular weight excluding hydrogens is 508 g/mol. The molecule has 0 aliphatic heterocycles. The van der Waals surface area contributed by atoms with Gasteiger partial charge < -0.3 is 47.2 Å². The van der Waals surface area contributed by atoms with E-state index in [2.05, 4.69) is 16.0 Å². The Hall–Kier alpha value is -4.24. The van der Waals surface area contributed by atoms with Gasteiger partial charge in [0.1, 0.15) is 29.9 Å². The van der Waals surface area contributed by atoms with Crippen molar-refractivity contribution in [1.82, 2.24) is 16.0 Å². The molecule has 0 aliphatic rings. The molecule has 0 aliphatic carbocycles. The van der Waals surface area contributed by atoms with Gasteiger partial charge in [-0.05, 0) is 37.5 Å². The lowest BCUT2D eigenvalue weighted by atomic mass is 10.0. The maximum absolute atomic E-state index is 13.0. The number of nitrogens with two attached hydrogens (primary N) is 1. The minimum atomic E-state index is -1.59. The van der Waals surface area contributed by atoms with E-state index < -0.39 is 91.6 Å². The molecule has 38 heavy (non-hydrogen) atoms. The molecule has 0 heterocycles. The SMILES string of the molecule is CC(O)C(N)C(=O)NC(CCC(=O)O)C(=O)NC(Cc1ccc(O)cc1)C(=O)NC(CCC(=O)O)C(=O)O. The van der Waals surface area contributed by atoms with Crippen LogP contribution in [-0.4, -0.2) is 91.4 Å². The summed E-state index contributed by atoms with van der Waals surface area (Å²) in [6, 6.07) is -0.465. The normalized spacial score (nSPS) is 14.7. The third-order valence-corrected chi connectivity index (χ3v) is 5.37. The van der Waals surface area contributed by atoms with Crippen molar-refractivity contribution in [3.8, 4) is 5.75 Å². The van der Waals surface area contributed by atoms with Gasteiger partial charge in [0.05, 0.1) is 6.10 Å². The number of carbonyl (C=O) groups excluding carboxylic acids is 3. The summed E-state index contributed by atoms with van der Waals surface area (Å²) >= 11 is 0. The lowest BCUT2D eigenvalue weighted by molar-refractivity contribution is -0.143. The van der Waals surface area contributed by atoms with Gasteiger partial charge >= 0.3 is 17.9 Å². The molecule has 15 nitrogen and oxygen atoms in total. The number of amides is 3. The van der Waals surface area contributed by atoms with Gasteiger partial charge in [0, 0.05) is 19.3 Å². The summed E-state index contributed by atoms with van der Waals surface area (Å²) in [6.45, 7) is 1.23. The number of aliphatic carboxylic acids is 3. The maximum Gasteiger partial charge on any atom is 0.326 e. The van der Waals surface area contributed by atoms with Crippen molar-refractivity contribution in [2.75, 3.05) is 0 Å². The quantitative estimate of drug-likeness (QED) is 0.109.